The maximum Gasteiger partial charge on any atom is 0.244 e. The zero-order chi connectivity index (χ0) is 14.4. The largest absolute Gasteiger partial charge is 0.492 e. The molecule has 106 valence electrons. The average molecular weight is 265 g/mol. The third-order valence-electron chi connectivity index (χ3n) is 2.96. The number of ether oxygens (including phenoxy) is 1. The number of carbonyl (C=O) groups is 1. The maximum absolute atomic E-state index is 12.0. The topological polar surface area (TPSA) is 67.6 Å². The summed E-state index contributed by atoms with van der Waals surface area (Å²) in [5.41, 5.74) is 7.26. The van der Waals surface area contributed by atoms with E-state index in [-0.39, 0.29) is 11.9 Å². The first-order chi connectivity index (χ1) is 9.01. The van der Waals surface area contributed by atoms with Crippen molar-refractivity contribution in [3.05, 3.63) is 18.2 Å². The molecule has 5 nitrogen and oxygen atoms in total. The highest BCUT2D eigenvalue weighted by Gasteiger charge is 2.17. The van der Waals surface area contributed by atoms with Crippen molar-refractivity contribution in [2.45, 2.75) is 26.8 Å². The van der Waals surface area contributed by atoms with Crippen molar-refractivity contribution in [3.63, 3.8) is 0 Å². The Kier molecular flexibility index (Phi) is 5.48. The minimum atomic E-state index is -0.330. The van der Waals surface area contributed by atoms with Gasteiger partial charge in [-0.05, 0) is 32.9 Å². The molecule has 5 heteroatoms. The predicted octanol–water partition coefficient (Wildman–Crippen LogP) is 1.95. The molecule has 0 radical (unpaired) electrons. The molecule has 19 heavy (non-hydrogen) atoms. The van der Waals surface area contributed by atoms with Crippen LogP contribution < -0.4 is 15.8 Å². The van der Waals surface area contributed by atoms with Crippen LogP contribution in [0.3, 0.4) is 0 Å². The fourth-order valence-corrected chi connectivity index (χ4v) is 1.73. The van der Waals surface area contributed by atoms with Gasteiger partial charge in [-0.3, -0.25) is 4.79 Å². The number of rotatable bonds is 6. The van der Waals surface area contributed by atoms with Crippen LogP contribution in [-0.4, -0.2) is 37.0 Å². The van der Waals surface area contributed by atoms with Crippen molar-refractivity contribution in [1.29, 1.82) is 0 Å². The summed E-state index contributed by atoms with van der Waals surface area (Å²) in [5, 5.41) is 3.13. The maximum atomic E-state index is 12.0. The van der Waals surface area contributed by atoms with E-state index in [9.17, 15) is 4.79 Å². The van der Waals surface area contributed by atoms with Crippen molar-refractivity contribution >= 4 is 17.3 Å². The lowest BCUT2D eigenvalue weighted by Crippen LogP contribution is -2.38. The van der Waals surface area contributed by atoms with Gasteiger partial charge in [-0.2, -0.15) is 0 Å². The molecular formula is C14H23N3O2. The molecule has 0 saturated carbocycles. The van der Waals surface area contributed by atoms with Crippen LogP contribution >= 0.6 is 0 Å². The van der Waals surface area contributed by atoms with E-state index >= 15 is 0 Å². The number of nitrogens with zero attached hydrogens (tertiary/aromatic N) is 1. The highest BCUT2D eigenvalue weighted by atomic mass is 16.5. The van der Waals surface area contributed by atoms with Gasteiger partial charge in [-0.25, -0.2) is 0 Å². The quantitative estimate of drug-likeness (QED) is 0.771. The van der Waals surface area contributed by atoms with Gasteiger partial charge in [0.15, 0.2) is 0 Å². The highest BCUT2D eigenvalue weighted by Crippen LogP contribution is 2.29. The molecule has 0 aliphatic carbocycles. The molecule has 1 atom stereocenters. The van der Waals surface area contributed by atoms with Crippen LogP contribution in [0, 0.1) is 0 Å². The lowest BCUT2D eigenvalue weighted by atomic mass is 10.2. The van der Waals surface area contributed by atoms with Gasteiger partial charge in [0.1, 0.15) is 11.8 Å². The monoisotopic (exact) mass is 265 g/mol. The Labute approximate surface area is 114 Å². The molecule has 0 aromatic heterocycles. The van der Waals surface area contributed by atoms with Gasteiger partial charge < -0.3 is 20.7 Å². The van der Waals surface area contributed by atoms with Gasteiger partial charge in [0.2, 0.25) is 5.91 Å². The number of anilines is 2. The Hall–Kier alpha value is -1.91. The Bertz CT molecular complexity index is 435. The van der Waals surface area contributed by atoms with Crippen molar-refractivity contribution in [2.24, 2.45) is 0 Å². The first kappa shape index (κ1) is 15.1. The van der Waals surface area contributed by atoms with Gasteiger partial charge in [0, 0.05) is 13.6 Å². The smallest absolute Gasteiger partial charge is 0.244 e. The summed E-state index contributed by atoms with van der Waals surface area (Å²) in [6, 6.07) is 5.18. The van der Waals surface area contributed by atoms with E-state index in [1.807, 2.05) is 39.0 Å². The van der Waals surface area contributed by atoms with Crippen LogP contribution in [0.4, 0.5) is 11.4 Å². The average Bonchev–Trinajstić information content (AvgIpc) is 2.41. The number of hydrogen-bond acceptors (Lipinski definition) is 4. The molecule has 1 aromatic rings. The van der Waals surface area contributed by atoms with Crippen LogP contribution in [0.2, 0.25) is 0 Å². The molecule has 0 aliphatic rings. The zero-order valence-corrected chi connectivity index (χ0v) is 12.1. The Morgan fingerprint density at radius 3 is 2.74 bits per heavy atom. The van der Waals surface area contributed by atoms with Crippen LogP contribution in [-0.2, 0) is 4.79 Å². The van der Waals surface area contributed by atoms with Crippen molar-refractivity contribution in [2.75, 3.05) is 31.2 Å². The van der Waals surface area contributed by atoms with E-state index in [0.29, 0.717) is 24.6 Å². The van der Waals surface area contributed by atoms with Crippen LogP contribution in [0.25, 0.3) is 0 Å². The molecule has 0 heterocycles. The van der Waals surface area contributed by atoms with Crippen molar-refractivity contribution in [3.8, 4) is 5.75 Å². The van der Waals surface area contributed by atoms with Crippen LogP contribution in [0.5, 0.6) is 5.75 Å². The molecule has 1 aromatic carbocycles. The second-order valence-corrected chi connectivity index (χ2v) is 4.37. The lowest BCUT2D eigenvalue weighted by Gasteiger charge is -2.22. The molecular weight excluding hydrogens is 242 g/mol. The number of para-hydroxylation sites is 1. The molecule has 0 spiro atoms. The van der Waals surface area contributed by atoms with Gasteiger partial charge in [0.05, 0.1) is 18.0 Å². The third kappa shape index (κ3) is 3.77. The van der Waals surface area contributed by atoms with E-state index in [1.165, 1.54) is 0 Å². The summed E-state index contributed by atoms with van der Waals surface area (Å²) < 4.78 is 5.43. The Morgan fingerprint density at radius 1 is 1.47 bits per heavy atom. The normalized spacial score (nSPS) is 11.8. The van der Waals surface area contributed by atoms with Crippen LogP contribution in [0.1, 0.15) is 20.8 Å². The zero-order valence-electron chi connectivity index (χ0n) is 12.1. The van der Waals surface area contributed by atoms with Crippen molar-refractivity contribution < 1.29 is 9.53 Å². The van der Waals surface area contributed by atoms with Crippen molar-refractivity contribution in [1.82, 2.24) is 4.90 Å². The van der Waals surface area contributed by atoms with E-state index < -0.39 is 0 Å². The number of likely N-dealkylation sites (N-methyl/N-ethyl adjacent to an activating group) is 1. The highest BCUT2D eigenvalue weighted by molar-refractivity contribution is 5.86. The van der Waals surface area contributed by atoms with Gasteiger partial charge in [-0.1, -0.05) is 6.07 Å². The summed E-state index contributed by atoms with van der Waals surface area (Å²) in [4.78, 5) is 13.7. The number of nitrogens with two attached hydrogens (primary N) is 1. The molecule has 1 amide bonds. The minimum Gasteiger partial charge on any atom is -0.492 e. The minimum absolute atomic E-state index is 0.0312. The number of carbonyl (C=O) groups excluding carboxylic acids is 1. The van der Waals surface area contributed by atoms with E-state index in [2.05, 4.69) is 5.32 Å². The van der Waals surface area contributed by atoms with Gasteiger partial charge >= 0.3 is 0 Å². The first-order valence-corrected chi connectivity index (χ1v) is 6.54. The van der Waals surface area contributed by atoms with E-state index in [4.69, 9.17) is 10.5 Å². The predicted molar refractivity (Wildman–Crippen MR) is 78.4 cm³/mol. The van der Waals surface area contributed by atoms with E-state index in [1.54, 1.807) is 11.9 Å². The van der Waals surface area contributed by atoms with Gasteiger partial charge in [0.25, 0.3) is 0 Å². The summed E-state index contributed by atoms with van der Waals surface area (Å²) in [7, 11) is 1.78. The summed E-state index contributed by atoms with van der Waals surface area (Å²) >= 11 is 0. The SMILES string of the molecule is CCOc1cccc(NC(C)C(=O)N(C)CC)c1N. The Balaban J connectivity index is 2.82. The fourth-order valence-electron chi connectivity index (χ4n) is 1.73. The van der Waals surface area contributed by atoms with Crippen LogP contribution in [0.15, 0.2) is 18.2 Å². The number of nitrogens with one attached hydrogen (secondary N) is 1. The number of benzene rings is 1. The number of amides is 1. The van der Waals surface area contributed by atoms with E-state index in [0.717, 1.165) is 5.69 Å². The van der Waals surface area contributed by atoms with Gasteiger partial charge in [-0.15, -0.1) is 0 Å². The standard InChI is InChI=1S/C14H23N3O2/c1-5-17(4)14(18)10(3)16-11-8-7-9-12(13(11)15)19-6-2/h7-10,16H,5-6,15H2,1-4H3. The molecule has 1 rings (SSSR count). The number of hydrogen-bond donors (Lipinski definition) is 2. The molecule has 1 unspecified atom stereocenters. The second kappa shape index (κ2) is 6.87. The first-order valence-electron chi connectivity index (χ1n) is 6.54. The third-order valence-corrected chi connectivity index (χ3v) is 2.96. The number of nitrogen functional groups attached to an aromatic ring is 1. The molecule has 0 bridgehead atoms. The fraction of sp³-hybridized carbons (Fsp3) is 0.500. The summed E-state index contributed by atoms with van der Waals surface area (Å²) in [6.45, 7) is 6.90. The summed E-state index contributed by atoms with van der Waals surface area (Å²) in [5.74, 6) is 0.666. The molecule has 0 saturated heterocycles. The Morgan fingerprint density at radius 2 is 2.16 bits per heavy atom. The molecule has 0 fully saturated rings. The lowest BCUT2D eigenvalue weighted by molar-refractivity contribution is -0.130. The molecule has 3 N–H and O–H groups in total. The summed E-state index contributed by atoms with van der Waals surface area (Å²) in [6.07, 6.45) is 0. The molecule has 0 aliphatic heterocycles. The second-order valence-electron chi connectivity index (χ2n) is 4.37.